The van der Waals surface area contributed by atoms with E-state index in [0.29, 0.717) is 25.2 Å². The Kier molecular flexibility index (Phi) is 5.62. The van der Waals surface area contributed by atoms with Crippen LogP contribution in [0.4, 0.5) is 18.0 Å². The van der Waals surface area contributed by atoms with Gasteiger partial charge in [-0.15, -0.1) is 0 Å². The Morgan fingerprint density at radius 1 is 1.25 bits per heavy atom. The van der Waals surface area contributed by atoms with E-state index in [0.717, 1.165) is 12.8 Å². The minimum atomic E-state index is -1.08. The van der Waals surface area contributed by atoms with E-state index >= 15 is 0 Å². The average molecular weight is 345 g/mol. The predicted octanol–water partition coefficient (Wildman–Crippen LogP) is 4.13. The van der Waals surface area contributed by atoms with Gasteiger partial charge in [-0.05, 0) is 33.6 Å². The van der Waals surface area contributed by atoms with Crippen LogP contribution in [0.15, 0.2) is 12.1 Å². The fourth-order valence-corrected chi connectivity index (χ4v) is 2.56. The Balaban J connectivity index is 1.93. The van der Waals surface area contributed by atoms with E-state index in [4.69, 9.17) is 9.47 Å². The summed E-state index contributed by atoms with van der Waals surface area (Å²) in [5.41, 5.74) is -0.582. The number of piperidine rings is 1. The average Bonchev–Trinajstić information content (AvgIpc) is 2.44. The molecule has 0 aromatic heterocycles. The summed E-state index contributed by atoms with van der Waals surface area (Å²) >= 11 is 0. The Morgan fingerprint density at radius 3 is 2.46 bits per heavy atom. The first-order chi connectivity index (χ1) is 11.2. The molecule has 0 radical (unpaired) electrons. The van der Waals surface area contributed by atoms with Gasteiger partial charge >= 0.3 is 6.09 Å². The van der Waals surface area contributed by atoms with Crippen molar-refractivity contribution in [1.29, 1.82) is 0 Å². The quantitative estimate of drug-likeness (QED) is 0.827. The van der Waals surface area contributed by atoms with Crippen LogP contribution in [0.3, 0.4) is 0 Å². The van der Waals surface area contributed by atoms with Crippen molar-refractivity contribution >= 4 is 6.09 Å². The molecule has 0 bridgehead atoms. The van der Waals surface area contributed by atoms with Gasteiger partial charge in [-0.3, -0.25) is 0 Å². The van der Waals surface area contributed by atoms with Crippen molar-refractivity contribution < 1.29 is 27.4 Å². The number of amides is 1. The molecule has 1 aliphatic rings. The van der Waals surface area contributed by atoms with Crippen LogP contribution in [0.2, 0.25) is 0 Å². The molecule has 0 unspecified atom stereocenters. The molecule has 1 aromatic rings. The molecule has 1 amide bonds. The minimum Gasteiger partial charge on any atom is -0.487 e. The maximum absolute atomic E-state index is 13.6. The molecule has 7 heteroatoms. The van der Waals surface area contributed by atoms with Crippen molar-refractivity contribution in [3.8, 4) is 5.75 Å². The molecule has 0 saturated carbocycles. The van der Waals surface area contributed by atoms with E-state index < -0.39 is 34.9 Å². The van der Waals surface area contributed by atoms with Crippen LogP contribution in [0, 0.1) is 23.4 Å². The highest BCUT2D eigenvalue weighted by atomic mass is 19.1. The molecular weight excluding hydrogens is 323 g/mol. The summed E-state index contributed by atoms with van der Waals surface area (Å²) in [6, 6.07) is 1.15. The fraction of sp³-hybridized carbons (Fsp3) is 0.588. The first kappa shape index (κ1) is 18.4. The monoisotopic (exact) mass is 345 g/mol. The number of carbonyl (C=O) groups is 1. The summed E-state index contributed by atoms with van der Waals surface area (Å²) in [6.45, 7) is 6.36. The largest absolute Gasteiger partial charge is 0.487 e. The zero-order valence-electron chi connectivity index (χ0n) is 14.1. The van der Waals surface area contributed by atoms with E-state index in [9.17, 15) is 18.0 Å². The first-order valence-electron chi connectivity index (χ1n) is 7.91. The van der Waals surface area contributed by atoms with Crippen molar-refractivity contribution in [1.82, 2.24) is 4.90 Å². The van der Waals surface area contributed by atoms with E-state index in [1.54, 1.807) is 25.7 Å². The lowest BCUT2D eigenvalue weighted by Crippen LogP contribution is -2.44. The Bertz CT molecular complexity index is 578. The molecular formula is C17H22F3NO3. The summed E-state index contributed by atoms with van der Waals surface area (Å²) in [7, 11) is 0. The summed E-state index contributed by atoms with van der Waals surface area (Å²) in [5.74, 6) is -3.81. The van der Waals surface area contributed by atoms with Crippen LogP contribution in [-0.4, -0.2) is 36.3 Å². The highest BCUT2D eigenvalue weighted by molar-refractivity contribution is 5.68. The topological polar surface area (TPSA) is 38.8 Å². The number of likely N-dealkylation sites (tertiary alicyclic amines) is 1. The molecule has 0 aliphatic carbocycles. The zero-order chi connectivity index (χ0) is 17.9. The second-order valence-electron chi connectivity index (χ2n) is 6.94. The van der Waals surface area contributed by atoms with E-state index in [1.165, 1.54) is 0 Å². The second-order valence-corrected chi connectivity index (χ2v) is 6.94. The molecule has 1 atom stereocenters. The zero-order valence-corrected chi connectivity index (χ0v) is 14.1. The van der Waals surface area contributed by atoms with Gasteiger partial charge in [-0.2, -0.15) is 0 Å². The molecule has 4 nitrogen and oxygen atoms in total. The van der Waals surface area contributed by atoms with Crippen molar-refractivity contribution in [3.63, 3.8) is 0 Å². The van der Waals surface area contributed by atoms with Gasteiger partial charge in [0.15, 0.2) is 17.4 Å². The first-order valence-corrected chi connectivity index (χ1v) is 7.91. The standard InChI is InChI=1S/C17H22F3NO3/c1-17(2,3)24-16(22)21-6-4-5-11(9-21)10-23-15-13(19)7-12(18)8-14(15)20/h7-8,11H,4-6,9-10H2,1-3H3/t11-/m1/s1. The van der Waals surface area contributed by atoms with Gasteiger partial charge in [0.05, 0.1) is 6.61 Å². The smallest absolute Gasteiger partial charge is 0.410 e. The van der Waals surface area contributed by atoms with Gasteiger partial charge in [-0.25, -0.2) is 18.0 Å². The molecule has 0 spiro atoms. The summed E-state index contributed by atoms with van der Waals surface area (Å²) < 4.78 is 50.5. The van der Waals surface area contributed by atoms with Gasteiger partial charge < -0.3 is 14.4 Å². The third-order valence-corrected chi connectivity index (χ3v) is 3.60. The van der Waals surface area contributed by atoms with E-state index in [2.05, 4.69) is 0 Å². The second kappa shape index (κ2) is 7.32. The van der Waals surface area contributed by atoms with Crippen LogP contribution in [0.5, 0.6) is 5.75 Å². The van der Waals surface area contributed by atoms with Crippen LogP contribution in [0.25, 0.3) is 0 Å². The third kappa shape index (κ3) is 5.04. The Morgan fingerprint density at radius 2 is 1.88 bits per heavy atom. The molecule has 1 fully saturated rings. The van der Waals surface area contributed by atoms with Gasteiger partial charge in [0, 0.05) is 31.1 Å². The summed E-state index contributed by atoms with van der Waals surface area (Å²) in [6.07, 6.45) is 1.11. The summed E-state index contributed by atoms with van der Waals surface area (Å²) in [4.78, 5) is 13.7. The Labute approximate surface area is 139 Å². The molecule has 24 heavy (non-hydrogen) atoms. The van der Waals surface area contributed by atoms with Crippen molar-refractivity contribution in [2.24, 2.45) is 5.92 Å². The van der Waals surface area contributed by atoms with E-state index in [1.807, 2.05) is 0 Å². The van der Waals surface area contributed by atoms with Gasteiger partial charge in [0.25, 0.3) is 0 Å². The molecule has 1 aromatic carbocycles. The predicted molar refractivity (Wildman–Crippen MR) is 82.3 cm³/mol. The van der Waals surface area contributed by atoms with Crippen LogP contribution < -0.4 is 4.74 Å². The molecule has 134 valence electrons. The van der Waals surface area contributed by atoms with Crippen molar-refractivity contribution in [3.05, 3.63) is 29.6 Å². The highest BCUT2D eigenvalue weighted by Gasteiger charge is 2.28. The van der Waals surface area contributed by atoms with Gasteiger partial charge in [-0.1, -0.05) is 0 Å². The molecule has 2 rings (SSSR count). The molecule has 1 aliphatic heterocycles. The summed E-state index contributed by atoms with van der Waals surface area (Å²) in [5, 5.41) is 0. The van der Waals surface area contributed by atoms with Crippen LogP contribution >= 0.6 is 0 Å². The third-order valence-electron chi connectivity index (χ3n) is 3.60. The number of carbonyl (C=O) groups excluding carboxylic acids is 1. The molecule has 1 saturated heterocycles. The fourth-order valence-electron chi connectivity index (χ4n) is 2.56. The lowest BCUT2D eigenvalue weighted by atomic mass is 9.99. The number of nitrogens with zero attached hydrogens (tertiary/aromatic N) is 1. The van der Waals surface area contributed by atoms with Crippen LogP contribution in [0.1, 0.15) is 33.6 Å². The maximum Gasteiger partial charge on any atom is 0.410 e. The lowest BCUT2D eigenvalue weighted by Gasteiger charge is -2.34. The number of hydrogen-bond donors (Lipinski definition) is 0. The molecule has 1 heterocycles. The Hall–Kier alpha value is -1.92. The SMILES string of the molecule is CC(C)(C)OC(=O)N1CCC[C@@H](COc2c(F)cc(F)cc2F)C1. The number of hydrogen-bond acceptors (Lipinski definition) is 3. The van der Waals surface area contributed by atoms with Crippen LogP contribution in [-0.2, 0) is 4.74 Å². The van der Waals surface area contributed by atoms with E-state index in [-0.39, 0.29) is 12.5 Å². The number of benzene rings is 1. The number of rotatable bonds is 3. The number of ether oxygens (including phenoxy) is 2. The maximum atomic E-state index is 13.6. The normalized spacial score (nSPS) is 18.4. The van der Waals surface area contributed by atoms with Crippen molar-refractivity contribution in [2.45, 2.75) is 39.2 Å². The van der Waals surface area contributed by atoms with Gasteiger partial charge in [0.2, 0.25) is 0 Å². The van der Waals surface area contributed by atoms with Gasteiger partial charge in [0.1, 0.15) is 11.4 Å². The molecule has 0 N–H and O–H groups in total. The highest BCUT2D eigenvalue weighted by Crippen LogP contribution is 2.25. The minimum absolute atomic E-state index is 0.0404. The lowest BCUT2D eigenvalue weighted by molar-refractivity contribution is 0.0137. The van der Waals surface area contributed by atoms with Crippen molar-refractivity contribution in [2.75, 3.05) is 19.7 Å². The number of halogens is 3.